The number of carbonyl (C=O) groups is 1. The highest BCUT2D eigenvalue weighted by Crippen LogP contribution is 2.33. The molecule has 0 saturated carbocycles. The van der Waals surface area contributed by atoms with Crippen LogP contribution in [0.3, 0.4) is 0 Å². The molecule has 132 valence electrons. The van der Waals surface area contributed by atoms with Crippen LogP contribution in [0.2, 0.25) is 0 Å². The average molecular weight is 342 g/mol. The minimum atomic E-state index is -4.40. The summed E-state index contributed by atoms with van der Waals surface area (Å²) in [6.45, 7) is 3.11. The highest BCUT2D eigenvalue weighted by Gasteiger charge is 2.36. The fourth-order valence-electron chi connectivity index (χ4n) is 3.45. The minimum absolute atomic E-state index is 0.00928. The number of ether oxygens (including phenoxy) is 1. The van der Waals surface area contributed by atoms with E-state index in [0.29, 0.717) is 32.8 Å². The molecule has 1 atom stereocenters. The number of amides is 1. The Hall–Kier alpha value is -1.60. The lowest BCUT2D eigenvalue weighted by Gasteiger charge is -2.40. The molecule has 1 amide bonds. The van der Waals surface area contributed by atoms with Gasteiger partial charge < -0.3 is 9.64 Å². The largest absolute Gasteiger partial charge is 0.416 e. The number of likely N-dealkylation sites (tertiary alicyclic amines) is 1. The van der Waals surface area contributed by atoms with Crippen molar-refractivity contribution in [1.29, 1.82) is 0 Å². The Morgan fingerprint density at radius 3 is 2.54 bits per heavy atom. The van der Waals surface area contributed by atoms with Crippen molar-refractivity contribution in [2.45, 2.75) is 31.6 Å². The summed E-state index contributed by atoms with van der Waals surface area (Å²) in [5, 5.41) is 0. The van der Waals surface area contributed by atoms with Crippen LogP contribution >= 0.6 is 0 Å². The molecule has 2 aliphatic rings. The van der Waals surface area contributed by atoms with Crippen molar-refractivity contribution >= 4 is 5.91 Å². The van der Waals surface area contributed by atoms with Gasteiger partial charge in [0.2, 0.25) is 5.91 Å². The Balaban J connectivity index is 1.74. The molecule has 2 saturated heterocycles. The molecule has 0 N–H and O–H groups in total. The van der Waals surface area contributed by atoms with Gasteiger partial charge in [0.15, 0.2) is 0 Å². The van der Waals surface area contributed by atoms with Gasteiger partial charge in [-0.3, -0.25) is 9.69 Å². The molecular formula is C17H21F3N2O2. The first-order valence-electron chi connectivity index (χ1n) is 8.22. The quantitative estimate of drug-likeness (QED) is 0.846. The van der Waals surface area contributed by atoms with Crippen LogP contribution in [-0.2, 0) is 22.3 Å². The Morgan fingerprint density at radius 1 is 1.12 bits per heavy atom. The van der Waals surface area contributed by atoms with Crippen LogP contribution < -0.4 is 0 Å². The number of piperidine rings is 1. The van der Waals surface area contributed by atoms with Crippen molar-refractivity contribution in [3.8, 4) is 0 Å². The average Bonchev–Trinajstić information content (AvgIpc) is 2.57. The van der Waals surface area contributed by atoms with Crippen LogP contribution in [0.15, 0.2) is 24.3 Å². The molecule has 1 aromatic carbocycles. The van der Waals surface area contributed by atoms with Gasteiger partial charge >= 0.3 is 6.18 Å². The van der Waals surface area contributed by atoms with E-state index in [1.807, 2.05) is 0 Å². The van der Waals surface area contributed by atoms with E-state index in [-0.39, 0.29) is 24.1 Å². The van der Waals surface area contributed by atoms with E-state index in [2.05, 4.69) is 4.90 Å². The third-order valence-electron chi connectivity index (χ3n) is 4.67. The second kappa shape index (κ2) is 7.11. The van der Waals surface area contributed by atoms with Gasteiger partial charge in [-0.25, -0.2) is 0 Å². The Morgan fingerprint density at radius 2 is 1.83 bits per heavy atom. The first-order chi connectivity index (χ1) is 11.5. The second-order valence-corrected chi connectivity index (χ2v) is 6.22. The number of morpholine rings is 1. The van der Waals surface area contributed by atoms with Gasteiger partial charge in [-0.1, -0.05) is 18.2 Å². The third-order valence-corrected chi connectivity index (χ3v) is 4.67. The Kier molecular flexibility index (Phi) is 5.10. The maximum atomic E-state index is 13.1. The van der Waals surface area contributed by atoms with E-state index in [0.717, 1.165) is 18.9 Å². The second-order valence-electron chi connectivity index (χ2n) is 6.22. The van der Waals surface area contributed by atoms with Crippen molar-refractivity contribution in [2.24, 2.45) is 0 Å². The summed E-state index contributed by atoms with van der Waals surface area (Å²) in [6.07, 6.45) is -2.84. The molecule has 0 aromatic heterocycles. The molecule has 0 unspecified atom stereocenters. The summed E-state index contributed by atoms with van der Waals surface area (Å²) in [4.78, 5) is 16.4. The summed E-state index contributed by atoms with van der Waals surface area (Å²) in [7, 11) is 0. The minimum Gasteiger partial charge on any atom is -0.379 e. The summed E-state index contributed by atoms with van der Waals surface area (Å²) in [6, 6.07) is 5.25. The molecule has 2 fully saturated rings. The molecule has 24 heavy (non-hydrogen) atoms. The smallest absolute Gasteiger partial charge is 0.379 e. The van der Waals surface area contributed by atoms with Crippen LogP contribution in [-0.4, -0.2) is 54.6 Å². The lowest BCUT2D eigenvalue weighted by Crippen LogP contribution is -2.54. The maximum absolute atomic E-state index is 13.1. The highest BCUT2D eigenvalue weighted by molar-refractivity contribution is 5.82. The summed E-state index contributed by atoms with van der Waals surface area (Å²) >= 11 is 0. The van der Waals surface area contributed by atoms with Gasteiger partial charge in [0.05, 0.1) is 24.8 Å². The van der Waals surface area contributed by atoms with E-state index >= 15 is 0 Å². The van der Waals surface area contributed by atoms with Crippen LogP contribution in [0.25, 0.3) is 0 Å². The number of nitrogens with zero attached hydrogens (tertiary/aromatic N) is 2. The van der Waals surface area contributed by atoms with Crippen LogP contribution in [0, 0.1) is 0 Å². The van der Waals surface area contributed by atoms with Crippen LogP contribution in [0.1, 0.15) is 24.0 Å². The molecule has 4 nitrogen and oxygen atoms in total. The number of rotatable bonds is 3. The lowest BCUT2D eigenvalue weighted by molar-refractivity contribution is -0.145. The molecule has 0 radical (unpaired) electrons. The van der Waals surface area contributed by atoms with Crippen molar-refractivity contribution in [3.63, 3.8) is 0 Å². The van der Waals surface area contributed by atoms with E-state index < -0.39 is 11.7 Å². The third kappa shape index (κ3) is 3.72. The van der Waals surface area contributed by atoms with Gasteiger partial charge in [0.25, 0.3) is 0 Å². The van der Waals surface area contributed by atoms with Gasteiger partial charge in [-0.05, 0) is 24.5 Å². The molecular weight excluding hydrogens is 321 g/mol. The van der Waals surface area contributed by atoms with Crippen molar-refractivity contribution < 1.29 is 22.7 Å². The molecule has 1 aromatic rings. The fourth-order valence-corrected chi connectivity index (χ4v) is 3.45. The molecule has 3 rings (SSSR count). The standard InChI is InChI=1S/C17H21F3N2O2/c18-17(19,20)14-5-2-1-4-13(14)12-22-7-3-6-15(16(22)23)21-8-10-24-11-9-21/h1-2,4-5,15H,3,6-12H2/t15-/m1/s1. The van der Waals surface area contributed by atoms with E-state index in [4.69, 9.17) is 4.74 Å². The number of alkyl halides is 3. The molecule has 0 aliphatic carbocycles. The van der Waals surface area contributed by atoms with Gasteiger partial charge in [-0.15, -0.1) is 0 Å². The topological polar surface area (TPSA) is 32.8 Å². The highest BCUT2D eigenvalue weighted by atomic mass is 19.4. The summed E-state index contributed by atoms with van der Waals surface area (Å²) in [5.74, 6) is -0.0693. The zero-order chi connectivity index (χ0) is 17.2. The SMILES string of the molecule is O=C1[C@H](N2CCOCC2)CCCN1Cc1ccccc1C(F)(F)F. The molecule has 0 spiro atoms. The van der Waals surface area contributed by atoms with E-state index in [9.17, 15) is 18.0 Å². The zero-order valence-corrected chi connectivity index (χ0v) is 13.4. The van der Waals surface area contributed by atoms with E-state index in [1.54, 1.807) is 11.0 Å². The maximum Gasteiger partial charge on any atom is 0.416 e. The van der Waals surface area contributed by atoms with Gasteiger partial charge in [-0.2, -0.15) is 13.2 Å². The number of benzene rings is 1. The monoisotopic (exact) mass is 342 g/mol. The normalized spacial score (nSPS) is 23.5. The summed E-state index contributed by atoms with van der Waals surface area (Å²) in [5.41, 5.74) is -0.507. The number of hydrogen-bond donors (Lipinski definition) is 0. The van der Waals surface area contributed by atoms with Gasteiger partial charge in [0, 0.05) is 26.2 Å². The molecule has 0 bridgehead atoms. The van der Waals surface area contributed by atoms with Crippen molar-refractivity contribution in [1.82, 2.24) is 9.80 Å². The molecule has 7 heteroatoms. The fraction of sp³-hybridized carbons (Fsp3) is 0.588. The number of hydrogen-bond acceptors (Lipinski definition) is 3. The van der Waals surface area contributed by atoms with E-state index in [1.165, 1.54) is 12.1 Å². The number of carbonyl (C=O) groups excluding carboxylic acids is 1. The Bertz CT molecular complexity index is 585. The summed E-state index contributed by atoms with van der Waals surface area (Å²) < 4.78 is 44.7. The lowest BCUT2D eigenvalue weighted by atomic mass is 10.0. The number of halogens is 3. The van der Waals surface area contributed by atoms with Crippen molar-refractivity contribution in [3.05, 3.63) is 35.4 Å². The van der Waals surface area contributed by atoms with Crippen LogP contribution in [0.4, 0.5) is 13.2 Å². The van der Waals surface area contributed by atoms with Crippen LogP contribution in [0.5, 0.6) is 0 Å². The van der Waals surface area contributed by atoms with Gasteiger partial charge in [0.1, 0.15) is 0 Å². The predicted octanol–water partition coefficient (Wildman–Crippen LogP) is 2.53. The first-order valence-corrected chi connectivity index (χ1v) is 8.22. The Labute approximate surface area is 139 Å². The molecule has 2 aliphatic heterocycles. The first kappa shape index (κ1) is 17.2. The predicted molar refractivity (Wildman–Crippen MR) is 82.3 cm³/mol. The zero-order valence-electron chi connectivity index (χ0n) is 13.4. The van der Waals surface area contributed by atoms with Crippen molar-refractivity contribution in [2.75, 3.05) is 32.8 Å². The molecule has 2 heterocycles.